The van der Waals surface area contributed by atoms with Crippen LogP contribution in [0.25, 0.3) is 0 Å². The number of ether oxygens (including phenoxy) is 1. The van der Waals surface area contributed by atoms with Crippen LogP contribution in [-0.2, 0) is 4.74 Å². The highest BCUT2D eigenvalue weighted by Crippen LogP contribution is 2.28. The van der Waals surface area contributed by atoms with Gasteiger partial charge in [-0.3, -0.25) is 4.79 Å². The standard InChI is InChI=1S/C22H25FN2O4/c1-14-13-19(18-7-4-12-28-18)29-22(27)20(14)21(26)24-15-8-10-25(11-9-15)17-6-3-2-5-16(17)23/h2-3,5-6,13,15,18H,4,7-12H2,1H3,(H,24,26). The van der Waals surface area contributed by atoms with Gasteiger partial charge in [-0.15, -0.1) is 0 Å². The van der Waals surface area contributed by atoms with Crippen molar-refractivity contribution in [1.29, 1.82) is 0 Å². The normalized spacial score (nSPS) is 20.1. The molecule has 0 saturated carbocycles. The molecule has 1 N–H and O–H groups in total. The highest BCUT2D eigenvalue weighted by atomic mass is 19.1. The van der Waals surface area contributed by atoms with E-state index in [1.165, 1.54) is 6.07 Å². The molecule has 2 aliphatic rings. The molecule has 0 bridgehead atoms. The molecule has 154 valence electrons. The summed E-state index contributed by atoms with van der Waals surface area (Å²) < 4.78 is 24.9. The van der Waals surface area contributed by atoms with Crippen molar-refractivity contribution < 1.29 is 18.3 Å². The van der Waals surface area contributed by atoms with E-state index in [9.17, 15) is 14.0 Å². The molecule has 0 aliphatic carbocycles. The Labute approximate surface area is 168 Å². The highest BCUT2D eigenvalue weighted by molar-refractivity contribution is 5.95. The number of nitrogens with one attached hydrogen (secondary N) is 1. The summed E-state index contributed by atoms with van der Waals surface area (Å²) in [6, 6.07) is 8.36. The average Bonchev–Trinajstić information content (AvgIpc) is 3.23. The fourth-order valence-electron chi connectivity index (χ4n) is 4.10. The minimum absolute atomic E-state index is 0.0447. The van der Waals surface area contributed by atoms with E-state index in [1.807, 2.05) is 11.0 Å². The van der Waals surface area contributed by atoms with Crippen molar-refractivity contribution in [3.05, 3.63) is 63.5 Å². The zero-order valence-electron chi connectivity index (χ0n) is 16.4. The van der Waals surface area contributed by atoms with Crippen molar-refractivity contribution in [2.24, 2.45) is 0 Å². The highest BCUT2D eigenvalue weighted by Gasteiger charge is 2.27. The van der Waals surface area contributed by atoms with E-state index >= 15 is 0 Å². The molecule has 1 aromatic heterocycles. The SMILES string of the molecule is Cc1cc(C2CCCO2)oc(=O)c1C(=O)NC1CCN(c2ccccc2F)CC1. The Hall–Kier alpha value is -2.67. The number of amides is 1. The van der Waals surface area contributed by atoms with Crippen molar-refractivity contribution in [3.63, 3.8) is 0 Å². The number of aryl methyl sites for hydroxylation is 1. The molecule has 2 aliphatic heterocycles. The third-order valence-corrected chi connectivity index (χ3v) is 5.67. The van der Waals surface area contributed by atoms with E-state index in [-0.39, 0.29) is 23.5 Å². The fraction of sp³-hybridized carbons (Fsp3) is 0.455. The number of hydrogen-bond acceptors (Lipinski definition) is 5. The first-order valence-corrected chi connectivity index (χ1v) is 10.1. The summed E-state index contributed by atoms with van der Waals surface area (Å²) in [7, 11) is 0. The van der Waals surface area contributed by atoms with E-state index in [2.05, 4.69) is 5.32 Å². The van der Waals surface area contributed by atoms with Crippen molar-refractivity contribution in [3.8, 4) is 0 Å². The van der Waals surface area contributed by atoms with Gasteiger partial charge in [0.05, 0.1) is 5.69 Å². The molecule has 2 fully saturated rings. The second-order valence-corrected chi connectivity index (χ2v) is 7.68. The molecule has 1 unspecified atom stereocenters. The number of carbonyl (C=O) groups is 1. The number of carbonyl (C=O) groups excluding carboxylic acids is 1. The Morgan fingerprint density at radius 3 is 2.62 bits per heavy atom. The fourth-order valence-corrected chi connectivity index (χ4v) is 4.10. The summed E-state index contributed by atoms with van der Waals surface area (Å²) in [5, 5.41) is 2.94. The Kier molecular flexibility index (Phi) is 5.67. The van der Waals surface area contributed by atoms with Crippen LogP contribution in [0.2, 0.25) is 0 Å². The van der Waals surface area contributed by atoms with Gasteiger partial charge in [-0.25, -0.2) is 9.18 Å². The molecule has 6 nitrogen and oxygen atoms in total. The Morgan fingerprint density at radius 1 is 1.21 bits per heavy atom. The average molecular weight is 400 g/mol. The van der Waals surface area contributed by atoms with Crippen molar-refractivity contribution in [2.75, 3.05) is 24.6 Å². The predicted molar refractivity (Wildman–Crippen MR) is 107 cm³/mol. The number of piperidine rings is 1. The van der Waals surface area contributed by atoms with E-state index < -0.39 is 11.5 Å². The van der Waals surface area contributed by atoms with Crippen LogP contribution in [0.3, 0.4) is 0 Å². The first-order chi connectivity index (χ1) is 14.0. The number of nitrogens with zero attached hydrogens (tertiary/aromatic N) is 1. The number of benzene rings is 1. The first-order valence-electron chi connectivity index (χ1n) is 10.1. The number of halogens is 1. The van der Waals surface area contributed by atoms with E-state index in [0.29, 0.717) is 49.5 Å². The van der Waals surface area contributed by atoms with Crippen LogP contribution in [0.15, 0.2) is 39.5 Å². The number of rotatable bonds is 4. The van der Waals surface area contributed by atoms with Gasteiger partial charge >= 0.3 is 5.63 Å². The minimum atomic E-state index is -0.628. The van der Waals surface area contributed by atoms with Gasteiger partial charge in [-0.1, -0.05) is 12.1 Å². The van der Waals surface area contributed by atoms with Crippen LogP contribution >= 0.6 is 0 Å². The molecule has 1 aromatic carbocycles. The van der Waals surface area contributed by atoms with Crippen LogP contribution in [0.5, 0.6) is 0 Å². The molecule has 7 heteroatoms. The molecule has 2 saturated heterocycles. The molecule has 29 heavy (non-hydrogen) atoms. The van der Waals surface area contributed by atoms with E-state index in [1.54, 1.807) is 25.1 Å². The topological polar surface area (TPSA) is 71.8 Å². The maximum absolute atomic E-state index is 14.0. The number of hydrogen-bond donors (Lipinski definition) is 1. The van der Waals surface area contributed by atoms with E-state index in [0.717, 1.165) is 12.8 Å². The molecule has 0 radical (unpaired) electrons. The lowest BCUT2D eigenvalue weighted by atomic mass is 10.0. The van der Waals surface area contributed by atoms with E-state index in [4.69, 9.17) is 9.15 Å². The van der Waals surface area contributed by atoms with Crippen LogP contribution in [0.1, 0.15) is 53.5 Å². The molecule has 1 amide bonds. The molecule has 2 aromatic rings. The number of para-hydroxylation sites is 1. The third kappa shape index (κ3) is 4.19. The quantitative estimate of drug-likeness (QED) is 0.852. The van der Waals surface area contributed by atoms with Crippen molar-refractivity contribution in [1.82, 2.24) is 5.32 Å². The van der Waals surface area contributed by atoms with Gasteiger partial charge in [-0.05, 0) is 56.4 Å². The smallest absolute Gasteiger partial charge is 0.349 e. The second-order valence-electron chi connectivity index (χ2n) is 7.68. The lowest BCUT2D eigenvalue weighted by Gasteiger charge is -2.34. The summed E-state index contributed by atoms with van der Waals surface area (Å²) in [6.45, 7) is 3.67. The maximum Gasteiger partial charge on any atom is 0.349 e. The maximum atomic E-state index is 14.0. The summed E-state index contributed by atoms with van der Waals surface area (Å²) in [5.74, 6) is -0.172. The number of anilines is 1. The second kappa shape index (κ2) is 8.37. The monoisotopic (exact) mass is 400 g/mol. The molecular formula is C22H25FN2O4. The van der Waals surface area contributed by atoms with Crippen molar-refractivity contribution in [2.45, 2.75) is 44.8 Å². The summed E-state index contributed by atoms with van der Waals surface area (Å²) in [4.78, 5) is 27.1. The van der Waals surface area contributed by atoms with Gasteiger partial charge in [0.2, 0.25) is 0 Å². The van der Waals surface area contributed by atoms with Crippen LogP contribution in [0, 0.1) is 12.7 Å². The van der Waals surface area contributed by atoms with Gasteiger partial charge in [0.25, 0.3) is 5.91 Å². The lowest BCUT2D eigenvalue weighted by Crippen LogP contribution is -2.46. The van der Waals surface area contributed by atoms with Crippen LogP contribution < -0.4 is 15.8 Å². The summed E-state index contributed by atoms with van der Waals surface area (Å²) >= 11 is 0. The lowest BCUT2D eigenvalue weighted by molar-refractivity contribution is 0.0876. The molecule has 1 atom stereocenters. The predicted octanol–water partition coefficient (Wildman–Crippen LogP) is 3.34. The van der Waals surface area contributed by atoms with Gasteiger partial charge in [-0.2, -0.15) is 0 Å². The molecule has 3 heterocycles. The summed E-state index contributed by atoms with van der Waals surface area (Å²) in [5.41, 5.74) is 0.589. The zero-order chi connectivity index (χ0) is 20.4. The zero-order valence-corrected chi connectivity index (χ0v) is 16.4. The van der Waals surface area contributed by atoms with Gasteiger partial charge in [0.1, 0.15) is 23.2 Å². The largest absolute Gasteiger partial charge is 0.424 e. The Morgan fingerprint density at radius 2 is 1.97 bits per heavy atom. The third-order valence-electron chi connectivity index (χ3n) is 5.67. The van der Waals surface area contributed by atoms with Gasteiger partial charge < -0.3 is 19.4 Å². The van der Waals surface area contributed by atoms with Gasteiger partial charge in [0.15, 0.2) is 0 Å². The van der Waals surface area contributed by atoms with Crippen molar-refractivity contribution >= 4 is 11.6 Å². The molecule has 4 rings (SSSR count). The Balaban J connectivity index is 1.40. The van der Waals surface area contributed by atoms with Crippen LogP contribution in [0.4, 0.5) is 10.1 Å². The minimum Gasteiger partial charge on any atom is -0.424 e. The summed E-state index contributed by atoms with van der Waals surface area (Å²) in [6.07, 6.45) is 2.90. The first kappa shape index (κ1) is 19.6. The van der Waals surface area contributed by atoms with Crippen LogP contribution in [-0.4, -0.2) is 31.6 Å². The Bertz CT molecular complexity index is 944. The van der Waals surface area contributed by atoms with Gasteiger partial charge in [0, 0.05) is 25.7 Å². The molecular weight excluding hydrogens is 375 g/mol. The molecule has 0 spiro atoms.